The van der Waals surface area contributed by atoms with Gasteiger partial charge in [0.05, 0.1) is 12.7 Å². The van der Waals surface area contributed by atoms with Gasteiger partial charge in [0.25, 0.3) is 10.1 Å². The maximum absolute atomic E-state index is 12.3. The highest BCUT2D eigenvalue weighted by atomic mass is 32.2. The molecule has 0 heterocycles. The Bertz CT molecular complexity index is 391. The maximum atomic E-state index is 12.3. The van der Waals surface area contributed by atoms with E-state index < -0.39 is 23.0 Å². The van der Waals surface area contributed by atoms with E-state index in [0.717, 1.165) is 32.1 Å². The lowest BCUT2D eigenvalue weighted by Crippen LogP contribution is -2.23. The van der Waals surface area contributed by atoms with Gasteiger partial charge in [-0.05, 0) is 19.8 Å². The van der Waals surface area contributed by atoms with Gasteiger partial charge in [-0.3, -0.25) is 8.75 Å². The summed E-state index contributed by atoms with van der Waals surface area (Å²) >= 11 is 0. The Morgan fingerprint density at radius 3 is 2.37 bits per heavy atom. The molecule has 0 N–H and O–H groups in total. The van der Waals surface area contributed by atoms with Gasteiger partial charge in [0, 0.05) is 7.11 Å². The predicted molar refractivity (Wildman–Crippen MR) is 72.9 cm³/mol. The van der Waals surface area contributed by atoms with Crippen LogP contribution in [0.3, 0.4) is 0 Å². The van der Waals surface area contributed by atoms with Crippen molar-refractivity contribution in [2.45, 2.75) is 45.1 Å². The third kappa shape index (κ3) is 6.36. The van der Waals surface area contributed by atoms with E-state index in [-0.39, 0.29) is 19.1 Å². The molecule has 1 saturated carbocycles. The van der Waals surface area contributed by atoms with Crippen molar-refractivity contribution in [3.8, 4) is 0 Å². The molecule has 8 heteroatoms. The molecule has 0 aromatic rings. The van der Waals surface area contributed by atoms with Crippen molar-refractivity contribution in [2.24, 2.45) is 0 Å². The van der Waals surface area contributed by atoms with E-state index in [1.54, 1.807) is 6.92 Å². The van der Waals surface area contributed by atoms with Crippen LogP contribution in [0.15, 0.2) is 0 Å². The lowest BCUT2D eigenvalue weighted by molar-refractivity contribution is 0.162. The fourth-order valence-electron chi connectivity index (χ4n) is 2.18. The zero-order valence-corrected chi connectivity index (χ0v) is 13.3. The van der Waals surface area contributed by atoms with Crippen molar-refractivity contribution in [3.05, 3.63) is 0 Å². The van der Waals surface area contributed by atoms with E-state index in [9.17, 15) is 13.0 Å². The number of ether oxygens (including phenoxy) is 1. The van der Waals surface area contributed by atoms with Crippen molar-refractivity contribution < 1.29 is 26.4 Å². The van der Waals surface area contributed by atoms with Gasteiger partial charge in [-0.2, -0.15) is 8.42 Å². The summed E-state index contributed by atoms with van der Waals surface area (Å²) in [5.74, 6) is 0. The Hall–Kier alpha value is 0.0600. The van der Waals surface area contributed by atoms with E-state index >= 15 is 0 Å². The molecule has 0 aliphatic heterocycles. The quantitative estimate of drug-likeness (QED) is 0.506. The lowest BCUT2D eigenvalue weighted by Gasteiger charge is -2.23. The van der Waals surface area contributed by atoms with Gasteiger partial charge in [-0.1, -0.05) is 19.3 Å². The molecule has 114 valence electrons. The number of hydrogen-bond acceptors (Lipinski definition) is 6. The second-order valence-electron chi connectivity index (χ2n) is 4.69. The van der Waals surface area contributed by atoms with Crippen LogP contribution in [0.4, 0.5) is 0 Å². The minimum Gasteiger partial charge on any atom is -0.375 e. The van der Waals surface area contributed by atoms with Gasteiger partial charge in [0.15, 0.2) is 5.49 Å². The molecule has 0 saturated heterocycles. The second-order valence-corrected chi connectivity index (χ2v) is 9.18. The van der Waals surface area contributed by atoms with Gasteiger partial charge in [-0.15, -0.1) is 0 Å². The summed E-state index contributed by atoms with van der Waals surface area (Å²) in [6.45, 7) is 1.84. The molecule has 19 heavy (non-hydrogen) atoms. The van der Waals surface area contributed by atoms with E-state index in [2.05, 4.69) is 0 Å². The maximum Gasteiger partial charge on any atom is 0.277 e. The first-order valence-corrected chi connectivity index (χ1v) is 10.1. The van der Waals surface area contributed by atoms with Crippen LogP contribution >= 0.6 is 7.37 Å². The van der Waals surface area contributed by atoms with Crippen LogP contribution in [-0.4, -0.2) is 40.1 Å². The molecule has 1 unspecified atom stereocenters. The molecule has 1 aliphatic carbocycles. The minimum atomic E-state index is -3.85. The SMILES string of the molecule is CCOP(=O)(COC)CS(=O)(=O)OC1CCCCC1. The Kier molecular flexibility index (Phi) is 6.97. The zero-order valence-electron chi connectivity index (χ0n) is 11.5. The molecule has 1 rings (SSSR count). The number of rotatable bonds is 8. The minimum absolute atomic E-state index is 0.180. The first-order valence-electron chi connectivity index (χ1n) is 6.53. The Morgan fingerprint density at radius 2 is 1.84 bits per heavy atom. The topological polar surface area (TPSA) is 78.9 Å². The summed E-state index contributed by atoms with van der Waals surface area (Å²) < 4.78 is 51.1. The fraction of sp³-hybridized carbons (Fsp3) is 1.00. The third-order valence-electron chi connectivity index (χ3n) is 2.88. The van der Waals surface area contributed by atoms with Gasteiger partial charge >= 0.3 is 0 Å². The van der Waals surface area contributed by atoms with Crippen LogP contribution < -0.4 is 0 Å². The van der Waals surface area contributed by atoms with Crippen LogP contribution in [0.1, 0.15) is 39.0 Å². The van der Waals surface area contributed by atoms with Gasteiger partial charge < -0.3 is 9.26 Å². The van der Waals surface area contributed by atoms with Crippen LogP contribution in [0, 0.1) is 0 Å². The van der Waals surface area contributed by atoms with E-state index in [0.29, 0.717) is 0 Å². The molecule has 1 aliphatic rings. The highest BCUT2D eigenvalue weighted by molar-refractivity contribution is 7.94. The normalized spacial score (nSPS) is 21.2. The molecule has 0 amide bonds. The van der Waals surface area contributed by atoms with Crippen LogP contribution in [0.25, 0.3) is 0 Å². The molecule has 0 spiro atoms. The van der Waals surface area contributed by atoms with Crippen LogP contribution in [-0.2, 0) is 28.1 Å². The third-order valence-corrected chi connectivity index (χ3v) is 7.66. The van der Waals surface area contributed by atoms with Crippen molar-refractivity contribution in [2.75, 3.05) is 25.6 Å². The summed E-state index contributed by atoms with van der Waals surface area (Å²) in [4.78, 5) is 0. The molecular formula is C11H23O6PS. The summed E-state index contributed by atoms with van der Waals surface area (Å²) in [6, 6.07) is 0. The number of hydrogen-bond donors (Lipinski definition) is 0. The highest BCUT2D eigenvalue weighted by Crippen LogP contribution is 2.48. The molecule has 0 bridgehead atoms. The first kappa shape index (κ1) is 17.1. The fourth-order valence-corrected chi connectivity index (χ4v) is 6.50. The average molecular weight is 314 g/mol. The smallest absolute Gasteiger partial charge is 0.277 e. The zero-order chi connectivity index (χ0) is 14.4. The van der Waals surface area contributed by atoms with Crippen molar-refractivity contribution in [1.82, 2.24) is 0 Å². The largest absolute Gasteiger partial charge is 0.375 e. The summed E-state index contributed by atoms with van der Waals surface area (Å²) in [5, 5.41) is 0. The molecule has 0 radical (unpaired) electrons. The van der Waals surface area contributed by atoms with E-state index in [1.807, 2.05) is 0 Å². The number of methoxy groups -OCH3 is 1. The standard InChI is InChI=1S/C11H23O6PS/c1-3-16-18(12,9-15-2)10-19(13,14)17-11-7-5-4-6-8-11/h11H,3-10H2,1-2H3. The summed E-state index contributed by atoms with van der Waals surface area (Å²) in [7, 11) is -5.83. The lowest BCUT2D eigenvalue weighted by atomic mass is 9.98. The van der Waals surface area contributed by atoms with Crippen LogP contribution in [0.2, 0.25) is 0 Å². The highest BCUT2D eigenvalue weighted by Gasteiger charge is 2.33. The van der Waals surface area contributed by atoms with Gasteiger partial charge in [0.1, 0.15) is 6.35 Å². The molecule has 0 aromatic heterocycles. The van der Waals surface area contributed by atoms with Gasteiger partial charge in [0.2, 0.25) is 7.37 Å². The average Bonchev–Trinajstić information content (AvgIpc) is 2.28. The Labute approximate surface area is 115 Å². The van der Waals surface area contributed by atoms with Crippen molar-refractivity contribution in [3.63, 3.8) is 0 Å². The monoisotopic (exact) mass is 314 g/mol. The summed E-state index contributed by atoms with van der Waals surface area (Å²) in [6.07, 6.45) is 4.04. The van der Waals surface area contributed by atoms with Crippen molar-refractivity contribution in [1.29, 1.82) is 0 Å². The first-order chi connectivity index (χ1) is 8.91. The Morgan fingerprint density at radius 1 is 1.21 bits per heavy atom. The van der Waals surface area contributed by atoms with E-state index in [1.165, 1.54) is 7.11 Å². The molecule has 1 fully saturated rings. The predicted octanol–water partition coefficient (Wildman–Crippen LogP) is 2.54. The van der Waals surface area contributed by atoms with E-state index in [4.69, 9.17) is 13.4 Å². The molecule has 0 aromatic carbocycles. The Balaban J connectivity index is 2.62. The van der Waals surface area contributed by atoms with Crippen LogP contribution in [0.5, 0.6) is 0 Å². The second kappa shape index (κ2) is 7.74. The summed E-state index contributed by atoms with van der Waals surface area (Å²) in [5.41, 5.74) is -0.613. The van der Waals surface area contributed by atoms with Crippen molar-refractivity contribution >= 4 is 17.5 Å². The molecule has 1 atom stereocenters. The molecule has 6 nitrogen and oxygen atoms in total. The molecular weight excluding hydrogens is 291 g/mol. The van der Waals surface area contributed by atoms with Gasteiger partial charge in [-0.25, -0.2) is 0 Å².